The van der Waals surface area contributed by atoms with Crippen molar-refractivity contribution in [3.63, 3.8) is 0 Å². The molecule has 0 spiro atoms. The van der Waals surface area contributed by atoms with Crippen molar-refractivity contribution in [1.82, 2.24) is 0 Å². The van der Waals surface area contributed by atoms with E-state index in [9.17, 15) is 4.79 Å². The number of methoxy groups -OCH3 is 1. The van der Waals surface area contributed by atoms with E-state index in [1.807, 2.05) is 0 Å². The van der Waals surface area contributed by atoms with E-state index in [2.05, 4.69) is 11.3 Å². The Morgan fingerprint density at radius 3 is 2.33 bits per heavy atom. The van der Waals surface area contributed by atoms with E-state index in [4.69, 9.17) is 10.2 Å². The third-order valence-electron chi connectivity index (χ3n) is 1.76. The van der Waals surface area contributed by atoms with Crippen LogP contribution in [0, 0.1) is 5.41 Å². The van der Waals surface area contributed by atoms with Gasteiger partial charge < -0.3 is 14.9 Å². The second-order valence-electron chi connectivity index (χ2n) is 2.58. The molecule has 0 radical (unpaired) electrons. The fourth-order valence-electron chi connectivity index (χ4n) is 0.884. The van der Waals surface area contributed by atoms with Gasteiger partial charge in [0.2, 0.25) is 0 Å². The van der Waals surface area contributed by atoms with Crippen LogP contribution in [0.2, 0.25) is 0 Å². The zero-order valence-corrected chi connectivity index (χ0v) is 7.12. The monoisotopic (exact) mass is 174 g/mol. The number of carbonyl (C=O) groups excluding carboxylic acids is 1. The van der Waals surface area contributed by atoms with Crippen molar-refractivity contribution in [3.05, 3.63) is 12.7 Å². The second kappa shape index (κ2) is 4.90. The van der Waals surface area contributed by atoms with Gasteiger partial charge in [-0.05, 0) is 6.42 Å². The molecular formula is C8H14O4. The Balaban J connectivity index is 4.55. The van der Waals surface area contributed by atoms with E-state index in [0.29, 0.717) is 0 Å². The van der Waals surface area contributed by atoms with Gasteiger partial charge in [-0.1, -0.05) is 6.08 Å². The van der Waals surface area contributed by atoms with Crippen molar-refractivity contribution >= 4 is 5.97 Å². The highest BCUT2D eigenvalue weighted by Gasteiger charge is 2.37. The fraction of sp³-hybridized carbons (Fsp3) is 0.625. The molecule has 0 aromatic heterocycles. The fourth-order valence-corrected chi connectivity index (χ4v) is 0.884. The first-order chi connectivity index (χ1) is 5.66. The number of carbonyl (C=O) groups is 1. The Labute approximate surface area is 71.5 Å². The van der Waals surface area contributed by atoms with Crippen molar-refractivity contribution < 1.29 is 19.7 Å². The van der Waals surface area contributed by atoms with E-state index in [-0.39, 0.29) is 6.42 Å². The summed E-state index contributed by atoms with van der Waals surface area (Å²) in [5.41, 5.74) is -1.23. The number of esters is 1. The van der Waals surface area contributed by atoms with Gasteiger partial charge in [-0.25, -0.2) is 0 Å². The maximum Gasteiger partial charge on any atom is 0.316 e. The Bertz CT molecular complexity index is 160. The predicted octanol–water partition coefficient (Wildman–Crippen LogP) is -0.294. The summed E-state index contributed by atoms with van der Waals surface area (Å²) in [4.78, 5) is 11.1. The zero-order chi connectivity index (χ0) is 9.61. The van der Waals surface area contributed by atoms with E-state index in [1.54, 1.807) is 0 Å². The summed E-state index contributed by atoms with van der Waals surface area (Å²) in [6.45, 7) is 2.54. The van der Waals surface area contributed by atoms with Gasteiger partial charge in [-0.2, -0.15) is 0 Å². The predicted molar refractivity (Wildman–Crippen MR) is 43.4 cm³/mol. The molecule has 0 aromatic rings. The molecule has 4 nitrogen and oxygen atoms in total. The average Bonchev–Trinajstić information content (AvgIpc) is 2.13. The van der Waals surface area contributed by atoms with Crippen molar-refractivity contribution in [1.29, 1.82) is 0 Å². The zero-order valence-electron chi connectivity index (χ0n) is 7.12. The number of aliphatic hydroxyl groups excluding tert-OH is 2. The molecule has 0 heterocycles. The van der Waals surface area contributed by atoms with Gasteiger partial charge in [-0.3, -0.25) is 4.79 Å². The molecule has 0 amide bonds. The molecule has 70 valence electrons. The minimum absolute atomic E-state index is 0.201. The lowest BCUT2D eigenvalue weighted by atomic mass is 9.86. The van der Waals surface area contributed by atoms with Crippen LogP contribution < -0.4 is 0 Å². The molecule has 0 aliphatic rings. The normalized spacial score (nSPS) is 10.9. The van der Waals surface area contributed by atoms with Gasteiger partial charge in [0.1, 0.15) is 5.41 Å². The van der Waals surface area contributed by atoms with Gasteiger partial charge in [-0.15, -0.1) is 6.58 Å². The number of hydrogen-bond acceptors (Lipinski definition) is 4. The molecule has 0 rings (SSSR count). The third-order valence-corrected chi connectivity index (χ3v) is 1.76. The molecule has 0 unspecified atom stereocenters. The van der Waals surface area contributed by atoms with E-state index < -0.39 is 24.6 Å². The lowest BCUT2D eigenvalue weighted by Crippen LogP contribution is -2.39. The largest absolute Gasteiger partial charge is 0.468 e. The topological polar surface area (TPSA) is 66.8 Å². The summed E-state index contributed by atoms with van der Waals surface area (Å²) < 4.78 is 4.44. The van der Waals surface area contributed by atoms with Crippen LogP contribution in [0.1, 0.15) is 6.42 Å². The van der Waals surface area contributed by atoms with Crippen LogP contribution in [0.3, 0.4) is 0 Å². The second-order valence-corrected chi connectivity index (χ2v) is 2.58. The summed E-state index contributed by atoms with van der Waals surface area (Å²) in [6.07, 6.45) is 1.66. The smallest absolute Gasteiger partial charge is 0.316 e. The standard InChI is InChI=1S/C8H14O4/c1-3-4-8(5-9,6-10)7(11)12-2/h3,9-10H,1,4-6H2,2H3. The quantitative estimate of drug-likeness (QED) is 0.444. The third kappa shape index (κ3) is 2.06. The summed E-state index contributed by atoms with van der Waals surface area (Å²) in [7, 11) is 1.21. The van der Waals surface area contributed by atoms with Gasteiger partial charge >= 0.3 is 5.97 Å². The first-order valence-electron chi connectivity index (χ1n) is 3.58. The maximum atomic E-state index is 11.1. The van der Waals surface area contributed by atoms with E-state index in [0.717, 1.165) is 0 Å². The summed E-state index contributed by atoms with van der Waals surface area (Å²) >= 11 is 0. The summed E-state index contributed by atoms with van der Waals surface area (Å²) in [6, 6.07) is 0. The first kappa shape index (κ1) is 11.1. The molecule has 12 heavy (non-hydrogen) atoms. The molecule has 2 N–H and O–H groups in total. The summed E-state index contributed by atoms with van der Waals surface area (Å²) in [5, 5.41) is 17.8. The molecule has 0 aromatic carbocycles. The molecular weight excluding hydrogens is 160 g/mol. The molecule has 4 heteroatoms. The Morgan fingerprint density at radius 1 is 1.58 bits per heavy atom. The van der Waals surface area contributed by atoms with Gasteiger partial charge in [0, 0.05) is 0 Å². The van der Waals surface area contributed by atoms with Crippen LogP contribution in [0.5, 0.6) is 0 Å². The SMILES string of the molecule is C=CCC(CO)(CO)C(=O)OC. The Hall–Kier alpha value is -0.870. The molecule has 0 atom stereocenters. The van der Waals surface area contributed by atoms with Crippen LogP contribution in [0.15, 0.2) is 12.7 Å². The first-order valence-corrected chi connectivity index (χ1v) is 3.58. The highest BCUT2D eigenvalue weighted by molar-refractivity contribution is 5.77. The lowest BCUT2D eigenvalue weighted by molar-refractivity contribution is -0.158. The number of hydrogen-bond donors (Lipinski definition) is 2. The van der Waals surface area contributed by atoms with Crippen LogP contribution in [0.4, 0.5) is 0 Å². The molecule has 0 saturated heterocycles. The van der Waals surface area contributed by atoms with Crippen molar-refractivity contribution in [2.45, 2.75) is 6.42 Å². The van der Waals surface area contributed by atoms with E-state index in [1.165, 1.54) is 13.2 Å². The number of allylic oxidation sites excluding steroid dienone is 1. The van der Waals surface area contributed by atoms with Gasteiger partial charge in [0.05, 0.1) is 20.3 Å². The molecule has 0 fully saturated rings. The van der Waals surface area contributed by atoms with Gasteiger partial charge in [0.25, 0.3) is 0 Å². The van der Waals surface area contributed by atoms with Crippen molar-refractivity contribution in [2.75, 3.05) is 20.3 Å². The maximum absolute atomic E-state index is 11.1. The van der Waals surface area contributed by atoms with Crippen LogP contribution in [-0.4, -0.2) is 36.5 Å². The Morgan fingerprint density at radius 2 is 2.08 bits per heavy atom. The molecule has 0 bridgehead atoms. The van der Waals surface area contributed by atoms with Crippen LogP contribution in [0.25, 0.3) is 0 Å². The Kier molecular flexibility index (Phi) is 4.54. The average molecular weight is 174 g/mol. The molecule has 0 aliphatic heterocycles. The highest BCUT2D eigenvalue weighted by Crippen LogP contribution is 2.22. The van der Waals surface area contributed by atoms with Crippen molar-refractivity contribution in [2.24, 2.45) is 5.41 Å². The van der Waals surface area contributed by atoms with Crippen molar-refractivity contribution in [3.8, 4) is 0 Å². The minimum Gasteiger partial charge on any atom is -0.468 e. The number of rotatable bonds is 5. The van der Waals surface area contributed by atoms with Crippen LogP contribution in [-0.2, 0) is 9.53 Å². The lowest BCUT2D eigenvalue weighted by Gasteiger charge is -2.24. The van der Waals surface area contributed by atoms with Crippen LogP contribution >= 0.6 is 0 Å². The number of aliphatic hydroxyl groups is 2. The number of ether oxygens (including phenoxy) is 1. The van der Waals surface area contributed by atoms with E-state index >= 15 is 0 Å². The van der Waals surface area contributed by atoms with Gasteiger partial charge in [0.15, 0.2) is 0 Å². The molecule has 0 saturated carbocycles. The summed E-state index contributed by atoms with van der Waals surface area (Å²) in [5.74, 6) is -0.618. The molecule has 0 aliphatic carbocycles. The highest BCUT2D eigenvalue weighted by atomic mass is 16.5. The minimum atomic E-state index is -1.23.